The highest BCUT2D eigenvalue weighted by molar-refractivity contribution is 7.99. The van der Waals surface area contributed by atoms with Gasteiger partial charge in [0.25, 0.3) is 0 Å². The first kappa shape index (κ1) is 19.5. The third-order valence-corrected chi connectivity index (χ3v) is 5.57. The zero-order valence-electron chi connectivity index (χ0n) is 14.9. The molecule has 3 aromatic heterocycles. The molecule has 3 aromatic rings. The standard InChI is InChI=1S/C14H16N8O6S/c1-20-3-17-10(22(26)27)13(20)29-11-6-9(18-14(15)19-11)21(4-16-6)12-8(25)7(24)5(2-23)28-12/h3-5,7-8,12,23-25H,2H2,1H3,(H2,15,18,19)/t5-,7+,8-,12-/m0/s1. The first-order valence-corrected chi connectivity index (χ1v) is 9.09. The van der Waals surface area contributed by atoms with Crippen LogP contribution in [-0.4, -0.2) is 74.2 Å². The normalized spacial score (nSPS) is 24.4. The number of aliphatic hydroxyl groups excluding tert-OH is 3. The number of imidazole rings is 2. The van der Waals surface area contributed by atoms with E-state index in [1.807, 2.05) is 0 Å². The second-order valence-corrected chi connectivity index (χ2v) is 7.26. The van der Waals surface area contributed by atoms with E-state index >= 15 is 0 Å². The Morgan fingerprint density at radius 3 is 2.72 bits per heavy atom. The average molecular weight is 424 g/mol. The second-order valence-electron chi connectivity index (χ2n) is 6.28. The monoisotopic (exact) mass is 424 g/mol. The largest absolute Gasteiger partial charge is 0.396 e. The van der Waals surface area contributed by atoms with Crippen molar-refractivity contribution < 1.29 is 25.0 Å². The number of aryl methyl sites for hydroxylation is 1. The molecule has 0 amide bonds. The number of hydrogen-bond acceptors (Lipinski definition) is 12. The third kappa shape index (κ3) is 3.18. The Morgan fingerprint density at radius 2 is 2.07 bits per heavy atom. The molecule has 0 radical (unpaired) electrons. The van der Waals surface area contributed by atoms with Crippen LogP contribution in [0.15, 0.2) is 22.7 Å². The van der Waals surface area contributed by atoms with Crippen LogP contribution in [0.3, 0.4) is 0 Å². The molecule has 4 rings (SSSR count). The zero-order valence-corrected chi connectivity index (χ0v) is 15.7. The fraction of sp³-hybridized carbons (Fsp3) is 0.429. The number of nitrogen functional groups attached to an aromatic ring is 1. The van der Waals surface area contributed by atoms with Crippen LogP contribution >= 0.6 is 11.8 Å². The van der Waals surface area contributed by atoms with Crippen LogP contribution in [0.4, 0.5) is 11.8 Å². The lowest BCUT2D eigenvalue weighted by atomic mass is 10.1. The SMILES string of the molecule is Cn1cnc([N+](=O)[O-])c1Sc1nc(N)nc2c1ncn2[C@H]1O[C@@H](CO)[C@@H](O)[C@@H]1O. The molecular formula is C14H16N8O6S. The molecule has 5 N–H and O–H groups in total. The molecule has 29 heavy (non-hydrogen) atoms. The lowest BCUT2D eigenvalue weighted by molar-refractivity contribution is -0.392. The van der Waals surface area contributed by atoms with Gasteiger partial charge in [-0.1, -0.05) is 0 Å². The summed E-state index contributed by atoms with van der Waals surface area (Å²) in [5.41, 5.74) is 6.26. The van der Waals surface area contributed by atoms with Gasteiger partial charge in [0.1, 0.15) is 28.9 Å². The van der Waals surface area contributed by atoms with Crippen LogP contribution in [0.5, 0.6) is 0 Å². The van der Waals surface area contributed by atoms with Gasteiger partial charge >= 0.3 is 5.82 Å². The van der Waals surface area contributed by atoms with Crippen LogP contribution in [-0.2, 0) is 11.8 Å². The Morgan fingerprint density at radius 1 is 1.31 bits per heavy atom. The van der Waals surface area contributed by atoms with E-state index in [9.17, 15) is 25.4 Å². The summed E-state index contributed by atoms with van der Waals surface area (Å²) in [6.07, 6.45) is -2.05. The molecular weight excluding hydrogens is 408 g/mol. The smallest absolute Gasteiger partial charge is 0.394 e. The van der Waals surface area contributed by atoms with Gasteiger partial charge in [0.15, 0.2) is 16.9 Å². The van der Waals surface area contributed by atoms with Crippen molar-refractivity contribution in [2.45, 2.75) is 34.6 Å². The minimum Gasteiger partial charge on any atom is -0.394 e. The van der Waals surface area contributed by atoms with Gasteiger partial charge in [0.05, 0.1) is 12.9 Å². The highest BCUT2D eigenvalue weighted by atomic mass is 32.2. The lowest BCUT2D eigenvalue weighted by Crippen LogP contribution is -2.33. The maximum absolute atomic E-state index is 11.2. The van der Waals surface area contributed by atoms with Gasteiger partial charge in [0.2, 0.25) is 12.3 Å². The number of nitrogens with two attached hydrogens (primary N) is 1. The number of rotatable bonds is 5. The van der Waals surface area contributed by atoms with E-state index in [0.717, 1.165) is 11.8 Å². The molecule has 1 saturated heterocycles. The van der Waals surface area contributed by atoms with E-state index in [-0.39, 0.29) is 33.0 Å². The molecule has 4 atom stereocenters. The number of nitrogens with zero attached hydrogens (tertiary/aromatic N) is 7. The second kappa shape index (κ2) is 7.20. The first-order chi connectivity index (χ1) is 13.8. The first-order valence-electron chi connectivity index (χ1n) is 8.28. The van der Waals surface area contributed by atoms with Gasteiger partial charge in [-0.25, -0.2) is 9.97 Å². The molecule has 1 fully saturated rings. The lowest BCUT2D eigenvalue weighted by Gasteiger charge is -2.16. The Kier molecular flexibility index (Phi) is 4.83. The predicted octanol–water partition coefficient (Wildman–Crippen LogP) is -1.19. The van der Waals surface area contributed by atoms with Crippen molar-refractivity contribution in [3.63, 3.8) is 0 Å². The zero-order chi connectivity index (χ0) is 20.9. The number of ether oxygens (including phenoxy) is 1. The van der Waals surface area contributed by atoms with Crippen molar-refractivity contribution in [1.82, 2.24) is 29.1 Å². The third-order valence-electron chi connectivity index (χ3n) is 4.43. The van der Waals surface area contributed by atoms with E-state index in [0.29, 0.717) is 0 Å². The van der Waals surface area contributed by atoms with Crippen molar-refractivity contribution in [3.05, 3.63) is 22.8 Å². The average Bonchev–Trinajstić information content (AvgIpc) is 3.33. The maximum atomic E-state index is 11.2. The van der Waals surface area contributed by atoms with Crippen molar-refractivity contribution in [1.29, 1.82) is 0 Å². The van der Waals surface area contributed by atoms with Crippen LogP contribution in [0.1, 0.15) is 6.23 Å². The number of aliphatic hydroxyl groups is 3. The Labute approximate surface area is 166 Å². The molecule has 0 saturated carbocycles. The summed E-state index contributed by atoms with van der Waals surface area (Å²) in [5, 5.41) is 41.2. The van der Waals surface area contributed by atoms with E-state index in [1.165, 1.54) is 21.8 Å². The fourth-order valence-corrected chi connectivity index (χ4v) is 3.99. The summed E-state index contributed by atoms with van der Waals surface area (Å²) in [7, 11) is 1.60. The minimum atomic E-state index is -1.34. The summed E-state index contributed by atoms with van der Waals surface area (Å²) < 4.78 is 8.33. The van der Waals surface area contributed by atoms with Crippen molar-refractivity contribution in [2.24, 2.45) is 7.05 Å². The summed E-state index contributed by atoms with van der Waals surface area (Å²) in [6.45, 7) is -0.482. The summed E-state index contributed by atoms with van der Waals surface area (Å²) in [4.78, 5) is 26.8. The molecule has 0 aromatic carbocycles. The van der Waals surface area contributed by atoms with E-state index in [2.05, 4.69) is 19.9 Å². The van der Waals surface area contributed by atoms with Gasteiger partial charge in [0, 0.05) is 7.05 Å². The molecule has 0 unspecified atom stereocenters. The van der Waals surface area contributed by atoms with Crippen LogP contribution in [0, 0.1) is 10.1 Å². The van der Waals surface area contributed by atoms with Gasteiger partial charge in [-0.2, -0.15) is 4.98 Å². The minimum absolute atomic E-state index is 0.127. The van der Waals surface area contributed by atoms with Gasteiger partial charge < -0.3 is 40.5 Å². The molecule has 14 nitrogen and oxygen atoms in total. The summed E-state index contributed by atoms with van der Waals surface area (Å²) >= 11 is 0.941. The molecule has 4 heterocycles. The molecule has 154 valence electrons. The van der Waals surface area contributed by atoms with Crippen LogP contribution in [0.25, 0.3) is 11.2 Å². The Bertz CT molecular complexity index is 1090. The molecule has 0 spiro atoms. The number of aromatic nitrogens is 6. The van der Waals surface area contributed by atoms with Crippen molar-refractivity contribution in [3.8, 4) is 0 Å². The highest BCUT2D eigenvalue weighted by Crippen LogP contribution is 2.37. The molecule has 1 aliphatic heterocycles. The van der Waals surface area contributed by atoms with E-state index in [1.54, 1.807) is 7.05 Å². The van der Waals surface area contributed by atoms with Gasteiger partial charge in [-0.3, -0.25) is 4.57 Å². The molecule has 0 aliphatic carbocycles. The quantitative estimate of drug-likeness (QED) is 0.217. The summed E-state index contributed by atoms with van der Waals surface area (Å²) in [6, 6.07) is 0. The molecule has 0 bridgehead atoms. The van der Waals surface area contributed by atoms with Crippen molar-refractivity contribution >= 4 is 34.7 Å². The number of nitro groups is 1. The van der Waals surface area contributed by atoms with Crippen LogP contribution < -0.4 is 5.73 Å². The maximum Gasteiger partial charge on any atom is 0.396 e. The number of hydrogen-bond donors (Lipinski definition) is 4. The molecule has 1 aliphatic rings. The van der Waals surface area contributed by atoms with E-state index in [4.69, 9.17) is 10.5 Å². The number of anilines is 1. The summed E-state index contributed by atoms with van der Waals surface area (Å²) in [5.74, 6) is -0.468. The highest BCUT2D eigenvalue weighted by Gasteiger charge is 2.44. The van der Waals surface area contributed by atoms with Crippen LogP contribution in [0.2, 0.25) is 0 Å². The van der Waals surface area contributed by atoms with Gasteiger partial charge in [-0.15, -0.1) is 0 Å². The van der Waals surface area contributed by atoms with E-state index < -0.39 is 36.1 Å². The van der Waals surface area contributed by atoms with Gasteiger partial charge in [-0.05, 0) is 21.7 Å². The topological polar surface area (TPSA) is 200 Å². The Balaban J connectivity index is 1.77. The van der Waals surface area contributed by atoms with Crippen molar-refractivity contribution in [2.75, 3.05) is 12.3 Å². The molecule has 15 heteroatoms. The Hall–Kier alpha value is -2.85. The number of fused-ring (bicyclic) bond motifs is 1. The fourth-order valence-electron chi connectivity index (χ4n) is 3.02. The predicted molar refractivity (Wildman–Crippen MR) is 96.7 cm³/mol.